The van der Waals surface area contributed by atoms with Crippen LogP contribution in [0.15, 0.2) is 27.8 Å². The number of H-pyrrole nitrogens is 1. The molecule has 1 aromatic carbocycles. The average molecular weight is 444 g/mol. The van der Waals surface area contributed by atoms with Crippen molar-refractivity contribution in [3.8, 4) is 11.3 Å². The largest absolute Gasteiger partial charge is 0.416 e. The molecule has 2 aromatic rings. The Morgan fingerprint density at radius 3 is 2.48 bits per heavy atom. The summed E-state index contributed by atoms with van der Waals surface area (Å²) in [6.07, 6.45) is -2.84. The van der Waals surface area contributed by atoms with Crippen LogP contribution < -0.4 is 0 Å². The van der Waals surface area contributed by atoms with E-state index in [4.69, 9.17) is 11.6 Å². The van der Waals surface area contributed by atoms with Gasteiger partial charge in [0.05, 0.1) is 25.9 Å². The molecule has 0 aliphatic heterocycles. The normalized spacial score (nSPS) is 11.6. The second kappa shape index (κ2) is 6.14. The molecule has 0 aliphatic rings. The summed E-state index contributed by atoms with van der Waals surface area (Å²) in [5.74, 6) is 0. The molecular formula is C13H8Br2ClF3N2. The maximum atomic E-state index is 12.7. The van der Waals surface area contributed by atoms with Crippen molar-refractivity contribution in [2.75, 3.05) is 0 Å². The van der Waals surface area contributed by atoms with Gasteiger partial charge in [0.15, 0.2) is 0 Å². The first-order valence-electron chi connectivity index (χ1n) is 5.64. The molecule has 0 amide bonds. The Kier molecular flexibility index (Phi) is 4.85. The molecule has 2 rings (SSSR count). The number of allylic oxidation sites excluding steroid dienone is 1. The number of hydrogen-bond donors (Lipinski definition) is 1. The molecule has 1 N–H and O–H groups in total. The highest BCUT2D eigenvalue weighted by Gasteiger charge is 2.31. The number of benzene rings is 1. The summed E-state index contributed by atoms with van der Waals surface area (Å²) in [6.45, 7) is 1.84. The molecule has 0 saturated carbocycles. The predicted molar refractivity (Wildman–Crippen MR) is 84.5 cm³/mol. The van der Waals surface area contributed by atoms with Gasteiger partial charge in [-0.2, -0.15) is 18.3 Å². The Balaban J connectivity index is 2.55. The Labute approximate surface area is 140 Å². The van der Waals surface area contributed by atoms with Crippen LogP contribution in [0.1, 0.15) is 18.1 Å². The van der Waals surface area contributed by atoms with Gasteiger partial charge in [-0.05, 0) is 56.5 Å². The molecule has 0 radical (unpaired) electrons. The smallest absolute Gasteiger partial charge is 0.277 e. The van der Waals surface area contributed by atoms with Crippen molar-refractivity contribution < 1.29 is 13.2 Å². The van der Waals surface area contributed by atoms with E-state index in [2.05, 4.69) is 42.1 Å². The molecule has 1 aromatic heterocycles. The van der Waals surface area contributed by atoms with Crippen LogP contribution in [0.3, 0.4) is 0 Å². The number of nitrogens with one attached hydrogen (secondary N) is 1. The summed E-state index contributed by atoms with van der Waals surface area (Å²) in [4.78, 5) is 0. The van der Waals surface area contributed by atoms with Crippen LogP contribution in [0.25, 0.3) is 16.8 Å². The molecule has 1 heterocycles. The number of aromatic amines is 1. The summed E-state index contributed by atoms with van der Waals surface area (Å²) in [5, 5.41) is 6.71. The van der Waals surface area contributed by atoms with Gasteiger partial charge in [-0.1, -0.05) is 17.7 Å². The van der Waals surface area contributed by atoms with E-state index in [0.29, 0.717) is 11.3 Å². The number of aromatic nitrogens is 2. The zero-order chi connectivity index (χ0) is 15.8. The first kappa shape index (κ1) is 16.6. The molecule has 0 spiro atoms. The zero-order valence-corrected chi connectivity index (χ0v) is 14.5. The number of nitrogens with zero attached hydrogens (tertiary/aromatic N) is 1. The molecule has 0 fully saturated rings. The van der Waals surface area contributed by atoms with Crippen LogP contribution in [0, 0.1) is 0 Å². The monoisotopic (exact) mass is 442 g/mol. The highest BCUT2D eigenvalue weighted by molar-refractivity contribution is 9.28. The summed E-state index contributed by atoms with van der Waals surface area (Å²) in [5.41, 5.74) is 1.81. The Morgan fingerprint density at radius 2 is 1.95 bits per heavy atom. The van der Waals surface area contributed by atoms with Gasteiger partial charge < -0.3 is 0 Å². The van der Waals surface area contributed by atoms with Crippen LogP contribution in [0.4, 0.5) is 13.2 Å². The van der Waals surface area contributed by atoms with Crippen LogP contribution in [-0.2, 0) is 6.18 Å². The van der Waals surface area contributed by atoms with E-state index in [1.165, 1.54) is 6.07 Å². The lowest BCUT2D eigenvalue weighted by Gasteiger charge is -2.10. The fraction of sp³-hybridized carbons (Fsp3) is 0.154. The van der Waals surface area contributed by atoms with Crippen LogP contribution >= 0.6 is 43.5 Å². The van der Waals surface area contributed by atoms with Gasteiger partial charge >= 0.3 is 6.18 Å². The van der Waals surface area contributed by atoms with Gasteiger partial charge in [-0.15, -0.1) is 0 Å². The minimum Gasteiger partial charge on any atom is -0.277 e. The van der Waals surface area contributed by atoms with Gasteiger partial charge in [-0.25, -0.2) is 0 Å². The quantitative estimate of drug-likeness (QED) is 0.585. The minimum atomic E-state index is -4.42. The van der Waals surface area contributed by atoms with Crippen LogP contribution in [-0.4, -0.2) is 10.2 Å². The second-order valence-corrected chi connectivity index (χ2v) is 7.29. The Bertz CT molecular complexity index is 704. The van der Waals surface area contributed by atoms with E-state index in [9.17, 15) is 13.2 Å². The van der Waals surface area contributed by atoms with E-state index < -0.39 is 11.7 Å². The third kappa shape index (κ3) is 3.52. The third-order valence-corrected chi connectivity index (χ3v) is 4.39. The van der Waals surface area contributed by atoms with Crippen molar-refractivity contribution in [2.45, 2.75) is 13.1 Å². The van der Waals surface area contributed by atoms with Crippen molar-refractivity contribution in [2.24, 2.45) is 0 Å². The average Bonchev–Trinajstić information content (AvgIpc) is 2.85. The first-order valence-corrected chi connectivity index (χ1v) is 7.61. The lowest BCUT2D eigenvalue weighted by Crippen LogP contribution is -2.04. The maximum absolute atomic E-state index is 12.7. The van der Waals surface area contributed by atoms with E-state index in [-0.39, 0.29) is 5.02 Å². The topological polar surface area (TPSA) is 28.7 Å². The number of alkyl halides is 3. The fourth-order valence-corrected chi connectivity index (χ4v) is 2.47. The van der Waals surface area contributed by atoms with E-state index in [1.807, 2.05) is 6.92 Å². The summed E-state index contributed by atoms with van der Waals surface area (Å²) >= 11 is 12.6. The minimum absolute atomic E-state index is 0.00817. The van der Waals surface area contributed by atoms with Crippen molar-refractivity contribution in [1.29, 1.82) is 0 Å². The lowest BCUT2D eigenvalue weighted by atomic mass is 10.0. The molecule has 0 unspecified atom stereocenters. The number of hydrogen-bond acceptors (Lipinski definition) is 1. The standard InChI is InChI=1S/C13H8Br2ClF3N2/c1-6(12(14)15)9-5-20-21-11(9)8-3-2-7(4-10(8)16)13(17,18)19/h2-5H,1H3,(H,20,21). The Morgan fingerprint density at radius 1 is 1.29 bits per heavy atom. The lowest BCUT2D eigenvalue weighted by molar-refractivity contribution is -0.137. The van der Waals surface area contributed by atoms with Gasteiger partial charge in [0, 0.05) is 11.1 Å². The third-order valence-electron chi connectivity index (χ3n) is 2.89. The zero-order valence-electron chi connectivity index (χ0n) is 10.5. The highest BCUT2D eigenvalue weighted by atomic mass is 79.9. The molecule has 0 aliphatic carbocycles. The van der Waals surface area contributed by atoms with E-state index in [1.54, 1.807) is 6.20 Å². The summed E-state index contributed by atoms with van der Waals surface area (Å²) in [7, 11) is 0. The van der Waals surface area contributed by atoms with E-state index >= 15 is 0 Å². The van der Waals surface area contributed by atoms with Gasteiger partial charge in [-0.3, -0.25) is 5.10 Å². The molecule has 0 atom stereocenters. The maximum Gasteiger partial charge on any atom is 0.416 e. The van der Waals surface area contributed by atoms with Crippen molar-refractivity contribution >= 4 is 49.0 Å². The molecular weight excluding hydrogens is 436 g/mol. The first-order chi connectivity index (χ1) is 9.71. The van der Waals surface area contributed by atoms with Gasteiger partial charge in [0.2, 0.25) is 0 Å². The van der Waals surface area contributed by atoms with E-state index in [0.717, 1.165) is 26.7 Å². The van der Waals surface area contributed by atoms with Crippen molar-refractivity contribution in [1.82, 2.24) is 10.2 Å². The highest BCUT2D eigenvalue weighted by Crippen LogP contribution is 2.38. The van der Waals surface area contributed by atoms with Crippen molar-refractivity contribution in [3.05, 3.63) is 43.9 Å². The van der Waals surface area contributed by atoms with Gasteiger partial charge in [0.25, 0.3) is 0 Å². The summed E-state index contributed by atoms with van der Waals surface area (Å²) < 4.78 is 38.7. The predicted octanol–water partition coefficient (Wildman–Crippen LogP) is 6.23. The van der Waals surface area contributed by atoms with Crippen LogP contribution in [0.5, 0.6) is 0 Å². The molecule has 0 saturated heterocycles. The molecule has 2 nitrogen and oxygen atoms in total. The van der Waals surface area contributed by atoms with Gasteiger partial charge in [0.1, 0.15) is 0 Å². The SMILES string of the molecule is CC(=C(Br)Br)c1cn[nH]c1-c1ccc(C(F)(F)F)cc1Cl. The fourth-order valence-electron chi connectivity index (χ4n) is 1.77. The molecule has 8 heteroatoms. The summed E-state index contributed by atoms with van der Waals surface area (Å²) in [6, 6.07) is 3.23. The number of rotatable bonds is 2. The van der Waals surface area contributed by atoms with Crippen molar-refractivity contribution in [3.63, 3.8) is 0 Å². The molecule has 112 valence electrons. The molecule has 21 heavy (non-hydrogen) atoms. The Hall–Kier alpha value is -0.790. The number of halogens is 6. The molecule has 0 bridgehead atoms. The second-order valence-electron chi connectivity index (χ2n) is 4.24. The van der Waals surface area contributed by atoms with Crippen LogP contribution in [0.2, 0.25) is 5.02 Å².